The third kappa shape index (κ3) is 1.84. The maximum absolute atomic E-state index is 11.1. The zero-order valence-electron chi connectivity index (χ0n) is 12.6. The van der Waals surface area contributed by atoms with Crippen LogP contribution >= 0.6 is 0 Å². The molecule has 4 saturated carbocycles. The maximum Gasteiger partial charge on any atom is 0.0861 e. The van der Waals surface area contributed by atoms with Gasteiger partial charge in [0.1, 0.15) is 0 Å². The highest BCUT2D eigenvalue weighted by Crippen LogP contribution is 2.68. The van der Waals surface area contributed by atoms with Crippen molar-refractivity contribution in [3.63, 3.8) is 0 Å². The number of pyridine rings is 1. The molecule has 4 fully saturated rings. The molecule has 1 N–H and O–H groups in total. The molecule has 0 spiro atoms. The van der Waals surface area contributed by atoms with Crippen LogP contribution in [0.3, 0.4) is 0 Å². The van der Waals surface area contributed by atoms with Crippen LogP contribution in [0.5, 0.6) is 0 Å². The average molecular weight is 271 g/mol. The number of hydrogen-bond acceptors (Lipinski definition) is 2. The molecule has 0 amide bonds. The van der Waals surface area contributed by atoms with Gasteiger partial charge >= 0.3 is 0 Å². The zero-order chi connectivity index (χ0) is 14.0. The van der Waals surface area contributed by atoms with E-state index in [1.165, 1.54) is 38.5 Å². The third-order valence-corrected chi connectivity index (χ3v) is 6.23. The minimum absolute atomic E-state index is 0.135. The first-order chi connectivity index (χ1) is 9.48. The van der Waals surface area contributed by atoms with Gasteiger partial charge in [-0.25, -0.2) is 0 Å². The Morgan fingerprint density at radius 3 is 2.45 bits per heavy atom. The first-order valence-electron chi connectivity index (χ1n) is 8.09. The van der Waals surface area contributed by atoms with E-state index in [1.54, 1.807) is 0 Å². The molecular weight excluding hydrogens is 246 g/mol. The van der Waals surface area contributed by atoms with Crippen molar-refractivity contribution >= 4 is 0 Å². The van der Waals surface area contributed by atoms with Crippen LogP contribution in [0, 0.1) is 29.6 Å². The summed E-state index contributed by atoms with van der Waals surface area (Å²) in [6, 6.07) is 4.11. The highest BCUT2D eigenvalue weighted by atomic mass is 16.3. The summed E-state index contributed by atoms with van der Waals surface area (Å²) in [5, 5.41) is 11.1. The van der Waals surface area contributed by atoms with Crippen molar-refractivity contribution in [2.75, 3.05) is 0 Å². The molecule has 1 aromatic rings. The predicted molar refractivity (Wildman–Crippen MR) is 79.2 cm³/mol. The Bertz CT molecular complexity index is 507. The van der Waals surface area contributed by atoms with Crippen molar-refractivity contribution in [2.24, 2.45) is 22.7 Å². The van der Waals surface area contributed by atoms with Gasteiger partial charge in [0.15, 0.2) is 0 Å². The summed E-state index contributed by atoms with van der Waals surface area (Å²) in [7, 11) is 0. The van der Waals surface area contributed by atoms with Gasteiger partial charge in [0.2, 0.25) is 0 Å². The van der Waals surface area contributed by atoms with Gasteiger partial charge in [0.25, 0.3) is 0 Å². The predicted octanol–water partition coefficient (Wildman–Crippen LogP) is 4.03. The van der Waals surface area contributed by atoms with Crippen LogP contribution in [0.1, 0.15) is 62.8 Å². The fraction of sp³-hybridized carbons (Fsp3) is 0.722. The topological polar surface area (TPSA) is 33.1 Å². The van der Waals surface area contributed by atoms with Crippen LogP contribution in [0.15, 0.2) is 18.3 Å². The van der Waals surface area contributed by atoms with E-state index >= 15 is 0 Å². The number of hydrogen-bond donors (Lipinski definition) is 1. The second-order valence-corrected chi connectivity index (χ2v) is 8.27. The summed E-state index contributed by atoms with van der Waals surface area (Å²) in [6.07, 6.45) is 9.44. The molecule has 4 bridgehead atoms. The molecule has 0 aliphatic heterocycles. The Labute approximate surface area is 121 Å². The van der Waals surface area contributed by atoms with Crippen LogP contribution in [-0.4, -0.2) is 10.1 Å². The van der Waals surface area contributed by atoms with Gasteiger partial charge in [0, 0.05) is 17.3 Å². The lowest BCUT2D eigenvalue weighted by Gasteiger charge is -2.62. The van der Waals surface area contributed by atoms with E-state index < -0.39 is 0 Å². The summed E-state index contributed by atoms with van der Waals surface area (Å²) in [5.41, 5.74) is 2.68. The summed E-state index contributed by atoms with van der Waals surface area (Å²) in [5.74, 6) is 1.71. The van der Waals surface area contributed by atoms with Crippen molar-refractivity contribution in [1.82, 2.24) is 4.98 Å². The van der Waals surface area contributed by atoms with E-state index in [0.717, 1.165) is 23.1 Å². The Morgan fingerprint density at radius 1 is 1.20 bits per heavy atom. The second kappa shape index (κ2) is 4.07. The van der Waals surface area contributed by atoms with Crippen molar-refractivity contribution in [2.45, 2.75) is 58.5 Å². The lowest BCUT2D eigenvalue weighted by atomic mass is 9.43. The van der Waals surface area contributed by atoms with Gasteiger partial charge in [-0.1, -0.05) is 13.0 Å². The lowest BCUT2D eigenvalue weighted by molar-refractivity contribution is -0.155. The maximum atomic E-state index is 11.1. The SMILES string of the molecule is Cc1ccc(C(O)C23CC4CC(CC(C)(C4)C2)C3)cn1. The first-order valence-corrected chi connectivity index (χ1v) is 8.09. The molecule has 3 atom stereocenters. The molecule has 3 unspecified atom stereocenters. The fourth-order valence-corrected chi connectivity index (χ4v) is 6.11. The molecule has 2 nitrogen and oxygen atoms in total. The van der Waals surface area contributed by atoms with E-state index in [0.29, 0.717) is 5.41 Å². The molecule has 0 aromatic carbocycles. The number of aryl methyl sites for hydroxylation is 1. The summed E-state index contributed by atoms with van der Waals surface area (Å²) in [4.78, 5) is 4.39. The van der Waals surface area contributed by atoms with Gasteiger partial charge in [-0.05, 0) is 74.3 Å². The number of aromatic nitrogens is 1. The fourth-order valence-electron chi connectivity index (χ4n) is 6.11. The lowest BCUT2D eigenvalue weighted by Crippen LogP contribution is -2.53. The van der Waals surface area contributed by atoms with Crippen molar-refractivity contribution < 1.29 is 5.11 Å². The first kappa shape index (κ1) is 12.8. The van der Waals surface area contributed by atoms with Gasteiger partial charge < -0.3 is 5.11 Å². The van der Waals surface area contributed by atoms with Gasteiger partial charge in [-0.3, -0.25) is 4.98 Å². The molecule has 1 aromatic heterocycles. The Kier molecular flexibility index (Phi) is 2.61. The van der Waals surface area contributed by atoms with Crippen LogP contribution in [0.2, 0.25) is 0 Å². The molecule has 4 aliphatic rings. The minimum atomic E-state index is -0.319. The molecule has 108 valence electrons. The van der Waals surface area contributed by atoms with Crippen LogP contribution in [0.25, 0.3) is 0 Å². The quantitative estimate of drug-likeness (QED) is 0.881. The van der Waals surface area contributed by atoms with E-state index in [2.05, 4.69) is 18.0 Å². The smallest absolute Gasteiger partial charge is 0.0861 e. The molecule has 2 heteroatoms. The van der Waals surface area contributed by atoms with Crippen LogP contribution in [0.4, 0.5) is 0 Å². The second-order valence-electron chi connectivity index (χ2n) is 8.27. The van der Waals surface area contributed by atoms with E-state index in [1.807, 2.05) is 19.2 Å². The monoisotopic (exact) mass is 271 g/mol. The molecular formula is C18H25NO. The number of aliphatic hydroxyl groups excluding tert-OH is 1. The third-order valence-electron chi connectivity index (χ3n) is 6.23. The van der Waals surface area contributed by atoms with Gasteiger partial charge in [0.05, 0.1) is 6.10 Å². The van der Waals surface area contributed by atoms with E-state index in [9.17, 15) is 5.11 Å². The largest absolute Gasteiger partial charge is 0.388 e. The Hall–Kier alpha value is -0.890. The molecule has 4 aliphatic carbocycles. The average Bonchev–Trinajstić information content (AvgIpc) is 2.36. The number of nitrogens with zero attached hydrogens (tertiary/aromatic N) is 1. The Morgan fingerprint density at radius 2 is 1.90 bits per heavy atom. The Balaban J connectivity index is 1.68. The molecule has 0 saturated heterocycles. The van der Waals surface area contributed by atoms with Crippen LogP contribution in [-0.2, 0) is 0 Å². The molecule has 5 rings (SSSR count). The highest BCUT2D eigenvalue weighted by Gasteiger charge is 2.58. The standard InChI is InChI=1S/C18H25NO/c1-12-3-4-15(10-19-12)16(20)18-8-13-5-14(9-18)7-17(2,6-13)11-18/h3-4,10,13-14,16,20H,5-9,11H2,1-2H3. The van der Waals surface area contributed by atoms with Crippen LogP contribution < -0.4 is 0 Å². The van der Waals surface area contributed by atoms with Gasteiger partial charge in [-0.2, -0.15) is 0 Å². The van der Waals surface area contributed by atoms with E-state index in [-0.39, 0.29) is 11.5 Å². The summed E-state index contributed by atoms with van der Waals surface area (Å²) < 4.78 is 0. The van der Waals surface area contributed by atoms with Gasteiger partial charge in [-0.15, -0.1) is 0 Å². The molecule has 20 heavy (non-hydrogen) atoms. The van der Waals surface area contributed by atoms with Crippen molar-refractivity contribution in [1.29, 1.82) is 0 Å². The molecule has 0 radical (unpaired) electrons. The highest BCUT2D eigenvalue weighted by molar-refractivity contribution is 5.21. The summed E-state index contributed by atoms with van der Waals surface area (Å²) in [6.45, 7) is 4.46. The van der Waals surface area contributed by atoms with Crippen molar-refractivity contribution in [3.05, 3.63) is 29.6 Å². The number of rotatable bonds is 2. The molecule has 1 heterocycles. The summed E-state index contributed by atoms with van der Waals surface area (Å²) >= 11 is 0. The van der Waals surface area contributed by atoms with E-state index in [4.69, 9.17) is 0 Å². The zero-order valence-corrected chi connectivity index (χ0v) is 12.6. The normalized spacial score (nSPS) is 43.8. The number of aliphatic hydroxyl groups is 1. The van der Waals surface area contributed by atoms with Crippen molar-refractivity contribution in [3.8, 4) is 0 Å². The minimum Gasteiger partial charge on any atom is -0.388 e.